The summed E-state index contributed by atoms with van der Waals surface area (Å²) in [6.45, 7) is 1.49. The van der Waals surface area contributed by atoms with Crippen molar-refractivity contribution in [3.8, 4) is 17.3 Å². The highest BCUT2D eigenvalue weighted by Gasteiger charge is 2.20. The summed E-state index contributed by atoms with van der Waals surface area (Å²) in [6, 6.07) is 17.6. The number of aromatic nitrogens is 1. The molecule has 1 atom stereocenters. The quantitative estimate of drug-likeness (QED) is 0.682. The number of amides is 1. The molecular formula is C20H15N3O3S. The first kappa shape index (κ1) is 18.3. The van der Waals surface area contributed by atoms with Crippen molar-refractivity contribution in [1.29, 1.82) is 5.26 Å². The summed E-state index contributed by atoms with van der Waals surface area (Å²) in [5.41, 5.74) is 2.43. The Kier molecular flexibility index (Phi) is 5.59. The molecule has 0 fully saturated rings. The molecule has 0 aliphatic heterocycles. The number of nitrogens with zero attached hydrogens (tertiary/aromatic N) is 2. The van der Waals surface area contributed by atoms with Crippen LogP contribution in [0.4, 0.5) is 5.13 Å². The van der Waals surface area contributed by atoms with E-state index in [1.165, 1.54) is 42.5 Å². The van der Waals surface area contributed by atoms with E-state index in [4.69, 9.17) is 10.00 Å². The zero-order valence-corrected chi connectivity index (χ0v) is 15.2. The molecule has 0 saturated heterocycles. The van der Waals surface area contributed by atoms with Gasteiger partial charge in [0.15, 0.2) is 11.2 Å². The van der Waals surface area contributed by atoms with Crippen LogP contribution in [0.15, 0.2) is 60.0 Å². The Hall–Kier alpha value is -3.50. The number of anilines is 1. The van der Waals surface area contributed by atoms with Crippen LogP contribution in [0, 0.1) is 11.3 Å². The third-order valence-electron chi connectivity index (χ3n) is 3.71. The third kappa shape index (κ3) is 4.57. The highest BCUT2D eigenvalue weighted by molar-refractivity contribution is 7.14. The minimum atomic E-state index is -0.989. The first-order valence-electron chi connectivity index (χ1n) is 8.10. The van der Waals surface area contributed by atoms with E-state index >= 15 is 0 Å². The number of thiazole rings is 1. The van der Waals surface area contributed by atoms with Crippen LogP contribution >= 0.6 is 11.3 Å². The largest absolute Gasteiger partial charge is 0.449 e. The van der Waals surface area contributed by atoms with Gasteiger partial charge in [-0.3, -0.25) is 10.1 Å². The number of benzene rings is 2. The summed E-state index contributed by atoms with van der Waals surface area (Å²) in [4.78, 5) is 28.7. The lowest BCUT2D eigenvalue weighted by atomic mass is 10.1. The van der Waals surface area contributed by atoms with Crippen LogP contribution in [0.25, 0.3) is 11.3 Å². The van der Waals surface area contributed by atoms with Gasteiger partial charge in [-0.25, -0.2) is 9.78 Å². The molecule has 7 heteroatoms. The van der Waals surface area contributed by atoms with E-state index in [-0.39, 0.29) is 5.56 Å². The van der Waals surface area contributed by atoms with Gasteiger partial charge in [0.05, 0.1) is 22.9 Å². The van der Waals surface area contributed by atoms with Gasteiger partial charge in [0, 0.05) is 10.9 Å². The Balaban J connectivity index is 1.60. The van der Waals surface area contributed by atoms with Crippen molar-refractivity contribution in [1.82, 2.24) is 4.98 Å². The van der Waals surface area contributed by atoms with Crippen LogP contribution in [-0.4, -0.2) is 23.0 Å². The maximum atomic E-state index is 12.3. The molecule has 1 aromatic heterocycles. The SMILES string of the molecule is C[C@@H](OC(=O)c1ccc(C#N)cc1)C(=O)Nc1nc(-c2ccccc2)cs1. The Morgan fingerprint density at radius 1 is 1.15 bits per heavy atom. The van der Waals surface area contributed by atoms with Crippen molar-refractivity contribution < 1.29 is 14.3 Å². The Labute approximate surface area is 160 Å². The predicted molar refractivity (Wildman–Crippen MR) is 102 cm³/mol. The van der Waals surface area contributed by atoms with Crippen LogP contribution in [0.3, 0.4) is 0 Å². The molecule has 0 unspecified atom stereocenters. The first-order chi connectivity index (χ1) is 13.1. The minimum absolute atomic E-state index is 0.272. The number of nitrogens with one attached hydrogen (secondary N) is 1. The third-order valence-corrected chi connectivity index (χ3v) is 4.46. The smallest absolute Gasteiger partial charge is 0.338 e. The molecule has 1 amide bonds. The summed E-state index contributed by atoms with van der Waals surface area (Å²) in [5, 5.41) is 13.7. The van der Waals surface area contributed by atoms with Crippen molar-refractivity contribution in [3.05, 3.63) is 71.1 Å². The van der Waals surface area contributed by atoms with Gasteiger partial charge >= 0.3 is 5.97 Å². The highest BCUT2D eigenvalue weighted by Crippen LogP contribution is 2.24. The molecule has 27 heavy (non-hydrogen) atoms. The Morgan fingerprint density at radius 3 is 2.52 bits per heavy atom. The molecule has 6 nitrogen and oxygen atoms in total. The number of rotatable bonds is 5. The van der Waals surface area contributed by atoms with E-state index < -0.39 is 18.0 Å². The van der Waals surface area contributed by atoms with Gasteiger partial charge < -0.3 is 4.74 Å². The van der Waals surface area contributed by atoms with Gasteiger partial charge in [-0.1, -0.05) is 30.3 Å². The van der Waals surface area contributed by atoms with E-state index in [1.807, 2.05) is 41.8 Å². The fourth-order valence-corrected chi connectivity index (χ4v) is 2.97. The molecular weight excluding hydrogens is 362 g/mol. The van der Waals surface area contributed by atoms with E-state index in [0.29, 0.717) is 10.7 Å². The minimum Gasteiger partial charge on any atom is -0.449 e. The average molecular weight is 377 g/mol. The number of hydrogen-bond donors (Lipinski definition) is 1. The number of carbonyl (C=O) groups is 2. The number of carbonyl (C=O) groups excluding carboxylic acids is 2. The zero-order chi connectivity index (χ0) is 19.2. The summed E-state index contributed by atoms with van der Waals surface area (Å²) in [7, 11) is 0. The van der Waals surface area contributed by atoms with Crippen molar-refractivity contribution in [2.45, 2.75) is 13.0 Å². The van der Waals surface area contributed by atoms with Gasteiger partial charge in [-0.05, 0) is 31.2 Å². The topological polar surface area (TPSA) is 92.1 Å². The molecule has 0 aliphatic rings. The molecule has 1 heterocycles. The second-order valence-corrected chi connectivity index (χ2v) is 6.49. The van der Waals surface area contributed by atoms with Gasteiger partial charge in [0.1, 0.15) is 0 Å². The maximum absolute atomic E-state index is 12.3. The van der Waals surface area contributed by atoms with E-state index in [1.54, 1.807) is 0 Å². The molecule has 0 saturated carbocycles. The normalized spacial score (nSPS) is 11.3. The molecule has 0 bridgehead atoms. The predicted octanol–water partition coefficient (Wildman–Crippen LogP) is 3.87. The number of ether oxygens (including phenoxy) is 1. The summed E-state index contributed by atoms with van der Waals surface area (Å²) in [6.07, 6.45) is -0.989. The van der Waals surface area contributed by atoms with Gasteiger partial charge in [-0.15, -0.1) is 11.3 Å². The molecule has 1 N–H and O–H groups in total. The van der Waals surface area contributed by atoms with Gasteiger partial charge in [0.25, 0.3) is 5.91 Å². The molecule has 0 aliphatic carbocycles. The molecule has 0 spiro atoms. The zero-order valence-electron chi connectivity index (χ0n) is 14.4. The van der Waals surface area contributed by atoms with E-state index in [9.17, 15) is 9.59 Å². The summed E-state index contributed by atoms with van der Waals surface area (Å²) >= 11 is 1.30. The lowest BCUT2D eigenvalue weighted by Crippen LogP contribution is -2.29. The Bertz CT molecular complexity index is 991. The lowest BCUT2D eigenvalue weighted by molar-refractivity contribution is -0.123. The monoisotopic (exact) mass is 377 g/mol. The number of hydrogen-bond acceptors (Lipinski definition) is 6. The highest BCUT2D eigenvalue weighted by atomic mass is 32.1. The average Bonchev–Trinajstić information content (AvgIpc) is 3.17. The Morgan fingerprint density at radius 2 is 1.85 bits per heavy atom. The van der Waals surface area contributed by atoms with Crippen LogP contribution in [-0.2, 0) is 9.53 Å². The van der Waals surface area contributed by atoms with Crippen molar-refractivity contribution in [2.24, 2.45) is 0 Å². The van der Waals surface area contributed by atoms with Crippen LogP contribution in [0.2, 0.25) is 0 Å². The maximum Gasteiger partial charge on any atom is 0.338 e. The van der Waals surface area contributed by atoms with E-state index in [0.717, 1.165) is 11.3 Å². The molecule has 3 aromatic rings. The molecule has 2 aromatic carbocycles. The molecule has 0 radical (unpaired) electrons. The summed E-state index contributed by atoms with van der Waals surface area (Å²) < 4.78 is 5.18. The second-order valence-electron chi connectivity index (χ2n) is 5.63. The first-order valence-corrected chi connectivity index (χ1v) is 8.98. The van der Waals surface area contributed by atoms with Gasteiger partial charge in [0.2, 0.25) is 0 Å². The van der Waals surface area contributed by atoms with Crippen molar-refractivity contribution in [3.63, 3.8) is 0 Å². The fraction of sp³-hybridized carbons (Fsp3) is 0.100. The van der Waals surface area contributed by atoms with Gasteiger partial charge in [-0.2, -0.15) is 5.26 Å². The molecule has 134 valence electrons. The fourth-order valence-electron chi connectivity index (χ4n) is 2.24. The van der Waals surface area contributed by atoms with E-state index in [2.05, 4.69) is 10.3 Å². The summed E-state index contributed by atoms with van der Waals surface area (Å²) in [5.74, 6) is -1.10. The standard InChI is InChI=1S/C20H15N3O3S/c1-13(26-19(25)16-9-7-14(11-21)8-10-16)18(24)23-20-22-17(12-27-20)15-5-3-2-4-6-15/h2-10,12-13H,1H3,(H,22,23,24)/t13-/m1/s1. The second kappa shape index (κ2) is 8.25. The van der Waals surface area contributed by atoms with Crippen LogP contribution in [0.1, 0.15) is 22.8 Å². The van der Waals surface area contributed by atoms with Crippen molar-refractivity contribution >= 4 is 28.3 Å². The number of esters is 1. The molecule has 3 rings (SSSR count). The van der Waals surface area contributed by atoms with Crippen LogP contribution < -0.4 is 5.32 Å². The number of nitriles is 1. The van der Waals surface area contributed by atoms with Crippen LogP contribution in [0.5, 0.6) is 0 Å². The lowest BCUT2D eigenvalue weighted by Gasteiger charge is -2.12. The van der Waals surface area contributed by atoms with Crippen molar-refractivity contribution in [2.75, 3.05) is 5.32 Å².